The van der Waals surface area contributed by atoms with Crippen LogP contribution in [0.15, 0.2) is 5.51 Å². The average molecular weight is 238 g/mol. The van der Waals surface area contributed by atoms with E-state index in [4.69, 9.17) is 5.73 Å². The minimum absolute atomic E-state index is 0.118. The van der Waals surface area contributed by atoms with Gasteiger partial charge in [-0.05, 0) is 20.0 Å². The lowest BCUT2D eigenvalue weighted by Gasteiger charge is -2.33. The second-order valence-corrected chi connectivity index (χ2v) is 5.12. The van der Waals surface area contributed by atoms with E-state index in [-0.39, 0.29) is 12.0 Å². The zero-order valence-corrected chi connectivity index (χ0v) is 9.89. The lowest BCUT2D eigenvalue weighted by molar-refractivity contribution is 0.223. The molecule has 0 aromatic carbocycles. The largest absolute Gasteiger partial charge is 0.326 e. The summed E-state index contributed by atoms with van der Waals surface area (Å²) < 4.78 is 1.82. The van der Waals surface area contributed by atoms with Crippen LogP contribution in [0.3, 0.4) is 0 Å². The number of fused-ring (bicyclic) bond motifs is 1. The first kappa shape index (κ1) is 10.1. The maximum atomic E-state index is 6.17. The number of likely N-dealkylation sites (tertiary alicyclic amines) is 1. The molecule has 2 atom stereocenters. The van der Waals surface area contributed by atoms with Gasteiger partial charge in [0.25, 0.3) is 0 Å². The van der Waals surface area contributed by atoms with E-state index < -0.39 is 0 Å². The number of aromatic nitrogens is 4. The quantitative estimate of drug-likeness (QED) is 0.753. The van der Waals surface area contributed by atoms with Crippen LogP contribution in [0.4, 0.5) is 0 Å². The van der Waals surface area contributed by atoms with Crippen molar-refractivity contribution in [1.29, 1.82) is 0 Å². The van der Waals surface area contributed by atoms with Crippen molar-refractivity contribution in [3.8, 4) is 0 Å². The van der Waals surface area contributed by atoms with Crippen molar-refractivity contribution in [1.82, 2.24) is 24.7 Å². The van der Waals surface area contributed by atoms with Gasteiger partial charge in [-0.15, -0.1) is 10.2 Å². The summed E-state index contributed by atoms with van der Waals surface area (Å²) >= 11 is 1.50. The maximum absolute atomic E-state index is 6.17. The van der Waals surface area contributed by atoms with Gasteiger partial charge in [0, 0.05) is 18.5 Å². The molecule has 6 nitrogen and oxygen atoms in total. The van der Waals surface area contributed by atoms with Crippen LogP contribution < -0.4 is 5.73 Å². The Balaban J connectivity index is 1.95. The number of piperidine rings is 1. The summed E-state index contributed by atoms with van der Waals surface area (Å²) in [5.74, 6) is 1.19. The summed E-state index contributed by atoms with van der Waals surface area (Å²) in [4.78, 5) is 3.10. The minimum atomic E-state index is 0.118. The zero-order valence-electron chi connectivity index (χ0n) is 9.08. The van der Waals surface area contributed by atoms with E-state index >= 15 is 0 Å². The summed E-state index contributed by atoms with van der Waals surface area (Å²) in [6.07, 6.45) is 1.02. The van der Waals surface area contributed by atoms with Crippen molar-refractivity contribution in [2.75, 3.05) is 20.1 Å². The normalized spacial score (nSPS) is 27.6. The van der Waals surface area contributed by atoms with Gasteiger partial charge in [-0.3, -0.25) is 0 Å². The molecule has 0 aliphatic carbocycles. The van der Waals surface area contributed by atoms with Crippen molar-refractivity contribution in [2.24, 2.45) is 5.73 Å². The van der Waals surface area contributed by atoms with Gasteiger partial charge in [0.2, 0.25) is 4.96 Å². The fraction of sp³-hybridized carbons (Fsp3) is 0.667. The van der Waals surface area contributed by atoms with Crippen LogP contribution in [0.1, 0.15) is 18.2 Å². The van der Waals surface area contributed by atoms with Crippen LogP contribution in [-0.2, 0) is 0 Å². The highest BCUT2D eigenvalue weighted by molar-refractivity contribution is 7.14. The molecule has 0 saturated carbocycles. The Morgan fingerprint density at radius 2 is 2.38 bits per heavy atom. The van der Waals surface area contributed by atoms with Crippen molar-refractivity contribution < 1.29 is 0 Å². The number of nitrogens with two attached hydrogens (primary N) is 1. The summed E-state index contributed by atoms with van der Waals surface area (Å²) in [5.41, 5.74) is 7.96. The smallest absolute Gasteiger partial charge is 0.234 e. The van der Waals surface area contributed by atoms with E-state index in [0.717, 1.165) is 30.3 Å². The Kier molecular flexibility index (Phi) is 2.38. The highest BCUT2D eigenvalue weighted by Gasteiger charge is 2.30. The Bertz CT molecular complexity index is 491. The van der Waals surface area contributed by atoms with Crippen LogP contribution in [0, 0.1) is 0 Å². The summed E-state index contributed by atoms with van der Waals surface area (Å²) in [5, 5.41) is 12.6. The second kappa shape index (κ2) is 3.76. The third-order valence-electron chi connectivity index (χ3n) is 3.15. The molecule has 7 heteroatoms. The molecule has 3 rings (SSSR count). The molecule has 1 aliphatic rings. The molecule has 2 N–H and O–H groups in total. The SMILES string of the molecule is CN1CCC(c2nnc3scnn23)C(N)C1. The van der Waals surface area contributed by atoms with Gasteiger partial charge in [-0.2, -0.15) is 9.61 Å². The highest BCUT2D eigenvalue weighted by Crippen LogP contribution is 2.26. The fourth-order valence-electron chi connectivity index (χ4n) is 2.28. The summed E-state index contributed by atoms with van der Waals surface area (Å²) in [7, 11) is 2.10. The third-order valence-corrected chi connectivity index (χ3v) is 3.81. The van der Waals surface area contributed by atoms with Crippen LogP contribution in [-0.4, -0.2) is 50.9 Å². The molecular weight excluding hydrogens is 224 g/mol. The van der Waals surface area contributed by atoms with E-state index in [1.807, 2.05) is 4.52 Å². The molecule has 2 aromatic rings. The third kappa shape index (κ3) is 1.51. The van der Waals surface area contributed by atoms with Crippen molar-refractivity contribution in [2.45, 2.75) is 18.4 Å². The highest BCUT2D eigenvalue weighted by atomic mass is 32.1. The molecule has 1 aliphatic heterocycles. The molecule has 2 aromatic heterocycles. The molecule has 0 amide bonds. The van der Waals surface area contributed by atoms with Gasteiger partial charge >= 0.3 is 0 Å². The molecule has 0 radical (unpaired) electrons. The Labute approximate surface area is 97.1 Å². The predicted octanol–water partition coefficient (Wildman–Crippen LogP) is -0.0678. The van der Waals surface area contributed by atoms with Crippen molar-refractivity contribution in [3.05, 3.63) is 11.3 Å². The van der Waals surface area contributed by atoms with Crippen molar-refractivity contribution >= 4 is 16.3 Å². The molecule has 16 heavy (non-hydrogen) atoms. The first-order valence-corrected chi connectivity index (χ1v) is 6.22. The number of likely N-dealkylation sites (N-methyl/N-ethyl adjacent to an activating group) is 1. The molecule has 0 bridgehead atoms. The lowest BCUT2D eigenvalue weighted by atomic mass is 9.92. The first-order chi connectivity index (χ1) is 7.75. The standard InChI is InChI=1S/C9H14N6S/c1-14-3-2-6(7(10)4-14)8-12-13-9-15(8)11-5-16-9/h5-7H,2-4,10H2,1H3. The van der Waals surface area contributed by atoms with Crippen LogP contribution >= 0.6 is 11.3 Å². The van der Waals surface area contributed by atoms with Gasteiger partial charge in [0.05, 0.1) is 0 Å². The number of hydrogen-bond acceptors (Lipinski definition) is 6. The first-order valence-electron chi connectivity index (χ1n) is 5.34. The number of nitrogens with zero attached hydrogens (tertiary/aromatic N) is 5. The predicted molar refractivity (Wildman–Crippen MR) is 61.5 cm³/mol. The summed E-state index contributed by atoms with van der Waals surface area (Å²) in [6.45, 7) is 1.96. The lowest BCUT2D eigenvalue weighted by Crippen LogP contribution is -2.46. The average Bonchev–Trinajstić information content (AvgIpc) is 2.80. The molecule has 86 valence electrons. The topological polar surface area (TPSA) is 72.3 Å². The fourth-order valence-corrected chi connectivity index (χ4v) is 2.84. The summed E-state index contributed by atoms with van der Waals surface area (Å²) in [6, 6.07) is 0.118. The van der Waals surface area contributed by atoms with Gasteiger partial charge < -0.3 is 10.6 Å². The van der Waals surface area contributed by atoms with Gasteiger partial charge in [-0.25, -0.2) is 0 Å². The zero-order chi connectivity index (χ0) is 11.1. The molecular formula is C9H14N6S. The Morgan fingerprint density at radius 3 is 3.19 bits per heavy atom. The van der Waals surface area contributed by atoms with Gasteiger partial charge in [0.1, 0.15) is 5.51 Å². The van der Waals surface area contributed by atoms with E-state index in [2.05, 4.69) is 27.2 Å². The Hall–Kier alpha value is -1.05. The van der Waals surface area contributed by atoms with Crippen LogP contribution in [0.2, 0.25) is 0 Å². The monoisotopic (exact) mass is 238 g/mol. The minimum Gasteiger partial charge on any atom is -0.326 e. The van der Waals surface area contributed by atoms with Crippen molar-refractivity contribution in [3.63, 3.8) is 0 Å². The van der Waals surface area contributed by atoms with E-state index in [1.54, 1.807) is 5.51 Å². The number of hydrogen-bond donors (Lipinski definition) is 1. The maximum Gasteiger partial charge on any atom is 0.234 e. The molecule has 2 unspecified atom stereocenters. The van der Waals surface area contributed by atoms with Crippen LogP contribution in [0.5, 0.6) is 0 Å². The number of rotatable bonds is 1. The molecule has 0 spiro atoms. The van der Waals surface area contributed by atoms with E-state index in [1.165, 1.54) is 11.3 Å². The van der Waals surface area contributed by atoms with Gasteiger partial charge in [0.15, 0.2) is 5.82 Å². The van der Waals surface area contributed by atoms with Gasteiger partial charge in [-0.1, -0.05) is 11.3 Å². The molecule has 1 saturated heterocycles. The van der Waals surface area contributed by atoms with E-state index in [0.29, 0.717) is 0 Å². The van der Waals surface area contributed by atoms with E-state index in [9.17, 15) is 0 Å². The molecule has 3 heterocycles. The Morgan fingerprint density at radius 1 is 1.50 bits per heavy atom. The second-order valence-electron chi connectivity index (χ2n) is 4.31. The molecule has 1 fully saturated rings. The van der Waals surface area contributed by atoms with Crippen LogP contribution in [0.25, 0.3) is 4.96 Å².